The molecule has 0 bridgehead atoms. The molecule has 2 heterocycles. The van der Waals surface area contributed by atoms with Crippen LogP contribution >= 0.6 is 0 Å². The molecule has 2 aromatic heterocycles. The molecule has 6 heteroatoms. The van der Waals surface area contributed by atoms with Crippen LogP contribution in [0.2, 0.25) is 0 Å². The summed E-state index contributed by atoms with van der Waals surface area (Å²) >= 11 is 0. The summed E-state index contributed by atoms with van der Waals surface area (Å²) in [4.78, 5) is 0. The second kappa shape index (κ2) is 19.1. The molecule has 0 aliphatic carbocycles. The van der Waals surface area contributed by atoms with E-state index in [1.807, 2.05) is 72.8 Å². The van der Waals surface area contributed by atoms with Crippen LogP contribution in [-0.4, -0.2) is 22.3 Å². The molecule has 0 atom stereocenters. The first-order valence-electron chi connectivity index (χ1n) is 18.1. The van der Waals surface area contributed by atoms with Gasteiger partial charge in [0.1, 0.15) is 36.3 Å². The van der Waals surface area contributed by atoms with Crippen molar-refractivity contribution >= 4 is 0 Å². The zero-order valence-electron chi connectivity index (χ0n) is 30.3. The Labute approximate surface area is 299 Å². The standard InChI is InChI=1S/C44H52N4O2/c1-37-45(3)29-31-47(37)27-15-5-7-17-33-49-43-35-42(26-24-40-21-13-10-14-22-40)44(36-41(43)25-23-39-19-11-9-12-20-39)50-34-18-8-6-16-28-48-32-30-46(4)38(48)2/h9-14,19-22,29-32,35-36H,5-8,15-18,27-28,33-34H2,1-4H3/q+2. The highest BCUT2D eigenvalue weighted by Crippen LogP contribution is 2.29. The van der Waals surface area contributed by atoms with Gasteiger partial charge in [0.05, 0.1) is 51.5 Å². The fraction of sp³-hybridized carbons (Fsp3) is 0.364. The number of benzene rings is 3. The highest BCUT2D eigenvalue weighted by Gasteiger charge is 2.12. The van der Waals surface area contributed by atoms with Crippen LogP contribution in [0.1, 0.15) is 85.3 Å². The van der Waals surface area contributed by atoms with E-state index in [0.717, 1.165) is 98.2 Å². The average molecular weight is 669 g/mol. The molecule has 0 aliphatic heterocycles. The highest BCUT2D eigenvalue weighted by molar-refractivity contribution is 5.60. The average Bonchev–Trinajstić information content (AvgIpc) is 3.64. The second-order valence-corrected chi connectivity index (χ2v) is 12.9. The molecule has 6 nitrogen and oxygen atoms in total. The van der Waals surface area contributed by atoms with Crippen molar-refractivity contribution in [2.75, 3.05) is 13.2 Å². The van der Waals surface area contributed by atoms with Gasteiger partial charge in [-0.05, 0) is 75.6 Å². The van der Waals surface area contributed by atoms with Gasteiger partial charge in [0.25, 0.3) is 11.6 Å². The smallest absolute Gasteiger partial charge is 0.253 e. The molecular weight excluding hydrogens is 617 g/mol. The van der Waals surface area contributed by atoms with Crippen molar-refractivity contribution in [3.05, 3.63) is 131 Å². The van der Waals surface area contributed by atoms with Gasteiger partial charge in [-0.2, -0.15) is 0 Å². The molecule has 0 fully saturated rings. The van der Waals surface area contributed by atoms with E-state index in [0.29, 0.717) is 13.2 Å². The number of ether oxygens (including phenoxy) is 2. The summed E-state index contributed by atoms with van der Waals surface area (Å²) in [7, 11) is 4.18. The summed E-state index contributed by atoms with van der Waals surface area (Å²) in [6.45, 7) is 7.67. The largest absolute Gasteiger partial charge is 0.492 e. The number of aromatic nitrogens is 4. The molecule has 258 valence electrons. The van der Waals surface area contributed by atoms with E-state index in [1.54, 1.807) is 0 Å². The van der Waals surface area contributed by atoms with Gasteiger partial charge in [-0.1, -0.05) is 60.1 Å². The molecule has 0 aliphatic rings. The van der Waals surface area contributed by atoms with Gasteiger partial charge in [0.15, 0.2) is 0 Å². The van der Waals surface area contributed by atoms with Crippen molar-refractivity contribution in [3.63, 3.8) is 0 Å². The molecule has 0 saturated heterocycles. The van der Waals surface area contributed by atoms with Crippen molar-refractivity contribution in [2.45, 2.75) is 78.3 Å². The van der Waals surface area contributed by atoms with E-state index in [1.165, 1.54) is 11.6 Å². The SMILES string of the molecule is Cc1n(CCCCCCOc2cc(C#Cc3ccccc3)c(OCCCCCCn3cc[n+](C)c3C)cc2C#Cc2ccccc2)cc[n+]1C. The van der Waals surface area contributed by atoms with E-state index < -0.39 is 0 Å². The Hall–Kier alpha value is -5.20. The number of aryl methyl sites for hydroxylation is 4. The molecule has 0 spiro atoms. The minimum atomic E-state index is 0.629. The van der Waals surface area contributed by atoms with Crippen LogP contribution in [0.4, 0.5) is 0 Å². The van der Waals surface area contributed by atoms with Crippen molar-refractivity contribution in [1.82, 2.24) is 9.13 Å². The third-order valence-corrected chi connectivity index (χ3v) is 9.21. The zero-order chi connectivity index (χ0) is 35.0. The summed E-state index contributed by atoms with van der Waals surface area (Å²) in [5, 5.41) is 0. The van der Waals surface area contributed by atoms with E-state index in [4.69, 9.17) is 9.47 Å². The quantitative estimate of drug-likeness (QED) is 0.0616. The Morgan fingerprint density at radius 3 is 1.30 bits per heavy atom. The Morgan fingerprint density at radius 1 is 0.520 bits per heavy atom. The van der Waals surface area contributed by atoms with Gasteiger partial charge in [0, 0.05) is 37.1 Å². The molecule has 3 aromatic carbocycles. The summed E-state index contributed by atoms with van der Waals surface area (Å²) in [6.07, 6.45) is 17.4. The maximum Gasteiger partial charge on any atom is 0.253 e. The summed E-state index contributed by atoms with van der Waals surface area (Å²) in [5.74, 6) is 17.5. The van der Waals surface area contributed by atoms with Crippen molar-refractivity contribution in [1.29, 1.82) is 0 Å². The summed E-state index contributed by atoms with van der Waals surface area (Å²) in [6, 6.07) is 24.2. The monoisotopic (exact) mass is 668 g/mol. The first-order chi connectivity index (χ1) is 24.5. The predicted octanol–water partition coefficient (Wildman–Crippen LogP) is 7.63. The van der Waals surface area contributed by atoms with Gasteiger partial charge in [0.2, 0.25) is 0 Å². The molecule has 5 aromatic rings. The van der Waals surface area contributed by atoms with Gasteiger partial charge >= 0.3 is 0 Å². The number of imidazole rings is 2. The number of unbranched alkanes of at least 4 members (excludes halogenated alkanes) is 6. The number of hydrogen-bond donors (Lipinski definition) is 0. The van der Waals surface area contributed by atoms with E-state index in [2.05, 4.69) is 94.7 Å². The lowest BCUT2D eigenvalue weighted by molar-refractivity contribution is -0.677. The summed E-state index contributed by atoms with van der Waals surface area (Å²) in [5.41, 5.74) is 3.56. The minimum absolute atomic E-state index is 0.629. The normalized spacial score (nSPS) is 10.6. The number of rotatable bonds is 16. The Kier molecular flexibility index (Phi) is 13.8. The summed E-state index contributed by atoms with van der Waals surface area (Å²) < 4.78 is 21.8. The van der Waals surface area contributed by atoms with E-state index in [9.17, 15) is 0 Å². The Morgan fingerprint density at radius 2 is 0.920 bits per heavy atom. The van der Waals surface area contributed by atoms with Crippen LogP contribution < -0.4 is 18.6 Å². The first-order valence-corrected chi connectivity index (χ1v) is 18.1. The number of nitrogens with zero attached hydrogens (tertiary/aromatic N) is 4. The third kappa shape index (κ3) is 10.9. The Bertz CT molecular complexity index is 1780. The molecule has 0 amide bonds. The molecular formula is C44H52N4O2+2. The van der Waals surface area contributed by atoms with Crippen LogP contribution in [0.5, 0.6) is 11.5 Å². The van der Waals surface area contributed by atoms with E-state index >= 15 is 0 Å². The molecule has 5 rings (SSSR count). The van der Waals surface area contributed by atoms with Crippen LogP contribution in [0.15, 0.2) is 97.6 Å². The van der Waals surface area contributed by atoms with Crippen LogP contribution in [0.3, 0.4) is 0 Å². The molecule has 50 heavy (non-hydrogen) atoms. The Balaban J connectivity index is 1.25. The minimum Gasteiger partial charge on any atom is -0.492 e. The molecule has 0 unspecified atom stereocenters. The molecule has 0 saturated carbocycles. The lowest BCUT2D eigenvalue weighted by atomic mass is 10.1. The van der Waals surface area contributed by atoms with Gasteiger partial charge < -0.3 is 9.47 Å². The lowest BCUT2D eigenvalue weighted by Crippen LogP contribution is -2.29. The van der Waals surface area contributed by atoms with Crippen LogP contribution in [0.25, 0.3) is 0 Å². The van der Waals surface area contributed by atoms with Crippen molar-refractivity contribution in [2.24, 2.45) is 14.1 Å². The zero-order valence-corrected chi connectivity index (χ0v) is 30.3. The van der Waals surface area contributed by atoms with Crippen molar-refractivity contribution in [3.8, 4) is 35.2 Å². The van der Waals surface area contributed by atoms with Gasteiger partial charge in [-0.3, -0.25) is 0 Å². The molecule has 0 N–H and O–H groups in total. The lowest BCUT2D eigenvalue weighted by Gasteiger charge is -2.14. The molecule has 0 radical (unpaired) electrons. The van der Waals surface area contributed by atoms with Gasteiger partial charge in [-0.15, -0.1) is 0 Å². The fourth-order valence-corrected chi connectivity index (χ4v) is 5.83. The van der Waals surface area contributed by atoms with Crippen molar-refractivity contribution < 1.29 is 18.6 Å². The number of hydrogen-bond acceptors (Lipinski definition) is 2. The second-order valence-electron chi connectivity index (χ2n) is 12.9. The third-order valence-electron chi connectivity index (χ3n) is 9.21. The predicted molar refractivity (Wildman–Crippen MR) is 200 cm³/mol. The topological polar surface area (TPSA) is 36.1 Å². The fourth-order valence-electron chi connectivity index (χ4n) is 5.83. The maximum atomic E-state index is 6.44. The van der Waals surface area contributed by atoms with Crippen LogP contribution in [-0.2, 0) is 27.2 Å². The van der Waals surface area contributed by atoms with Gasteiger partial charge in [-0.25, -0.2) is 18.3 Å². The van der Waals surface area contributed by atoms with E-state index in [-0.39, 0.29) is 0 Å². The highest BCUT2D eigenvalue weighted by atomic mass is 16.5. The maximum absolute atomic E-state index is 6.44. The van der Waals surface area contributed by atoms with Crippen LogP contribution in [0, 0.1) is 37.5 Å². The first kappa shape index (κ1) is 36.1.